The molecule has 18 heavy (non-hydrogen) atoms. The van der Waals surface area contributed by atoms with Crippen molar-refractivity contribution < 1.29 is 19.4 Å². The summed E-state index contributed by atoms with van der Waals surface area (Å²) in [6.45, 7) is 0.245. The summed E-state index contributed by atoms with van der Waals surface area (Å²) in [5, 5.41) is 14.6. The normalized spacial score (nSPS) is 11.7. The average molecular weight is 254 g/mol. The number of aliphatic carboxylic acids is 1. The van der Waals surface area contributed by atoms with Crippen molar-refractivity contribution in [1.29, 1.82) is 0 Å². The molecule has 0 bridgehead atoms. The highest BCUT2D eigenvalue weighted by Crippen LogP contribution is 2.28. The number of carbonyl (C=O) groups is 1. The van der Waals surface area contributed by atoms with E-state index >= 15 is 0 Å². The number of hydrogen-bond acceptors (Lipinski definition) is 5. The maximum atomic E-state index is 10.9. The Kier molecular flexibility index (Phi) is 5.26. The highest BCUT2D eigenvalue weighted by atomic mass is 16.5. The summed E-state index contributed by atoms with van der Waals surface area (Å²) < 4.78 is 10.3. The minimum atomic E-state index is -0.910. The highest BCUT2D eigenvalue weighted by Gasteiger charge is 2.15. The Morgan fingerprint density at radius 2 is 2.11 bits per heavy atom. The molecule has 3 N–H and O–H groups in total. The van der Waals surface area contributed by atoms with E-state index in [0.717, 1.165) is 0 Å². The Bertz CT molecular complexity index is 409. The Labute approximate surface area is 106 Å². The lowest BCUT2D eigenvalue weighted by molar-refractivity contribution is -0.138. The van der Waals surface area contributed by atoms with Crippen LogP contribution in [-0.4, -0.2) is 44.9 Å². The van der Waals surface area contributed by atoms with Crippen molar-refractivity contribution in [3.05, 3.63) is 18.2 Å². The third-order valence-corrected chi connectivity index (χ3v) is 2.55. The van der Waals surface area contributed by atoms with Crippen LogP contribution in [0.4, 0.5) is 5.69 Å². The number of carboxylic acids is 1. The number of benzene rings is 1. The van der Waals surface area contributed by atoms with Gasteiger partial charge in [-0.05, 0) is 19.2 Å². The monoisotopic (exact) mass is 254 g/mol. The maximum absolute atomic E-state index is 10.9. The van der Waals surface area contributed by atoms with Crippen LogP contribution < -0.4 is 20.1 Å². The van der Waals surface area contributed by atoms with E-state index in [1.165, 1.54) is 0 Å². The molecule has 0 saturated carbocycles. The number of hydrogen-bond donors (Lipinski definition) is 3. The second kappa shape index (κ2) is 6.70. The van der Waals surface area contributed by atoms with Crippen LogP contribution in [0.3, 0.4) is 0 Å². The molecule has 1 rings (SSSR count). The van der Waals surface area contributed by atoms with Gasteiger partial charge in [0.25, 0.3) is 0 Å². The Hall–Kier alpha value is -1.95. The number of likely N-dealkylation sites (N-methyl/N-ethyl adjacent to an activating group) is 1. The second-order valence-electron chi connectivity index (χ2n) is 3.63. The molecule has 100 valence electrons. The van der Waals surface area contributed by atoms with Gasteiger partial charge in [0.15, 0.2) is 0 Å². The molecule has 0 aliphatic heterocycles. The summed E-state index contributed by atoms with van der Waals surface area (Å²) in [6, 6.07) is 4.63. The quantitative estimate of drug-likeness (QED) is 0.667. The number of rotatable bonds is 7. The summed E-state index contributed by atoms with van der Waals surface area (Å²) in [7, 11) is 4.72. The van der Waals surface area contributed by atoms with Crippen molar-refractivity contribution in [2.45, 2.75) is 6.04 Å². The zero-order valence-electron chi connectivity index (χ0n) is 10.7. The number of nitrogens with one attached hydrogen (secondary N) is 2. The molecule has 0 fully saturated rings. The molecular weight excluding hydrogens is 236 g/mol. The first kappa shape index (κ1) is 14.1. The van der Waals surface area contributed by atoms with Gasteiger partial charge in [0.05, 0.1) is 19.9 Å². The number of ether oxygens (including phenoxy) is 2. The Balaban J connectivity index is 2.78. The fourth-order valence-electron chi connectivity index (χ4n) is 1.48. The summed E-state index contributed by atoms with van der Waals surface area (Å²) in [5.74, 6) is 0.400. The van der Waals surface area contributed by atoms with E-state index in [0.29, 0.717) is 17.2 Å². The molecule has 0 saturated heterocycles. The molecule has 0 heterocycles. The van der Waals surface area contributed by atoms with Crippen LogP contribution in [0.1, 0.15) is 0 Å². The summed E-state index contributed by atoms with van der Waals surface area (Å²) in [5.41, 5.74) is 0.693. The largest absolute Gasteiger partial charge is 0.497 e. The predicted octanol–water partition coefficient (Wildman–Crippen LogP) is 0.788. The lowest BCUT2D eigenvalue weighted by atomic mass is 10.2. The molecule has 1 aromatic rings. The van der Waals surface area contributed by atoms with Gasteiger partial charge in [0, 0.05) is 12.6 Å². The minimum Gasteiger partial charge on any atom is -0.497 e. The van der Waals surface area contributed by atoms with E-state index in [-0.39, 0.29) is 6.54 Å². The minimum absolute atomic E-state index is 0.245. The van der Waals surface area contributed by atoms with Gasteiger partial charge in [-0.2, -0.15) is 0 Å². The highest BCUT2D eigenvalue weighted by molar-refractivity contribution is 5.74. The van der Waals surface area contributed by atoms with Crippen molar-refractivity contribution in [1.82, 2.24) is 5.32 Å². The van der Waals surface area contributed by atoms with Gasteiger partial charge in [0.1, 0.15) is 17.5 Å². The van der Waals surface area contributed by atoms with Gasteiger partial charge < -0.3 is 25.2 Å². The van der Waals surface area contributed by atoms with Gasteiger partial charge >= 0.3 is 5.97 Å². The number of anilines is 1. The zero-order chi connectivity index (χ0) is 13.5. The molecule has 0 spiro atoms. The van der Waals surface area contributed by atoms with E-state index < -0.39 is 12.0 Å². The Morgan fingerprint density at radius 1 is 1.39 bits per heavy atom. The standard InChI is InChI=1S/C12H18N2O4/c1-13-10(12(15)16)7-14-9-6-8(17-2)4-5-11(9)18-3/h4-6,10,13-14H,7H2,1-3H3,(H,15,16). The van der Waals surface area contributed by atoms with E-state index in [9.17, 15) is 4.79 Å². The van der Waals surface area contributed by atoms with Gasteiger partial charge in [-0.25, -0.2) is 0 Å². The molecule has 1 atom stereocenters. The molecule has 1 aromatic carbocycles. The SMILES string of the molecule is CNC(CNc1cc(OC)ccc1OC)C(=O)O. The molecule has 0 amide bonds. The first-order chi connectivity index (χ1) is 8.62. The van der Waals surface area contributed by atoms with E-state index in [2.05, 4.69) is 10.6 Å². The van der Waals surface area contributed by atoms with Crippen molar-refractivity contribution in [3.8, 4) is 11.5 Å². The average Bonchev–Trinajstić information content (AvgIpc) is 2.38. The van der Waals surface area contributed by atoms with Crippen LogP contribution in [0.25, 0.3) is 0 Å². The first-order valence-electron chi connectivity index (χ1n) is 5.48. The van der Waals surface area contributed by atoms with Crippen molar-refractivity contribution in [2.75, 3.05) is 33.1 Å². The number of methoxy groups -OCH3 is 2. The third kappa shape index (κ3) is 3.53. The Morgan fingerprint density at radius 3 is 2.61 bits per heavy atom. The van der Waals surface area contributed by atoms with Gasteiger partial charge in [-0.15, -0.1) is 0 Å². The first-order valence-corrected chi connectivity index (χ1v) is 5.48. The number of carboxylic acid groups (broad SMARTS) is 1. The molecule has 0 aliphatic carbocycles. The smallest absolute Gasteiger partial charge is 0.322 e. The fraction of sp³-hybridized carbons (Fsp3) is 0.417. The van der Waals surface area contributed by atoms with Crippen molar-refractivity contribution in [2.24, 2.45) is 0 Å². The predicted molar refractivity (Wildman–Crippen MR) is 68.5 cm³/mol. The molecule has 0 aliphatic rings. The van der Waals surface area contributed by atoms with Gasteiger partial charge in [-0.3, -0.25) is 4.79 Å². The van der Waals surface area contributed by atoms with Crippen LogP contribution in [0.15, 0.2) is 18.2 Å². The fourth-order valence-corrected chi connectivity index (χ4v) is 1.48. The second-order valence-corrected chi connectivity index (χ2v) is 3.63. The van der Waals surface area contributed by atoms with Crippen LogP contribution in [-0.2, 0) is 4.79 Å². The van der Waals surface area contributed by atoms with E-state index in [1.54, 1.807) is 39.5 Å². The van der Waals surface area contributed by atoms with Crippen LogP contribution in [0.5, 0.6) is 11.5 Å². The van der Waals surface area contributed by atoms with Crippen molar-refractivity contribution >= 4 is 11.7 Å². The lowest BCUT2D eigenvalue weighted by Gasteiger charge is -2.16. The zero-order valence-corrected chi connectivity index (χ0v) is 10.7. The van der Waals surface area contributed by atoms with E-state index in [1.807, 2.05) is 0 Å². The summed E-state index contributed by atoms with van der Waals surface area (Å²) in [6.07, 6.45) is 0. The molecule has 1 unspecified atom stereocenters. The third-order valence-electron chi connectivity index (χ3n) is 2.55. The van der Waals surface area contributed by atoms with Crippen LogP contribution in [0, 0.1) is 0 Å². The van der Waals surface area contributed by atoms with Crippen LogP contribution >= 0.6 is 0 Å². The van der Waals surface area contributed by atoms with E-state index in [4.69, 9.17) is 14.6 Å². The van der Waals surface area contributed by atoms with Gasteiger partial charge in [-0.1, -0.05) is 0 Å². The molecule has 6 nitrogen and oxygen atoms in total. The van der Waals surface area contributed by atoms with Gasteiger partial charge in [0.2, 0.25) is 0 Å². The topological polar surface area (TPSA) is 79.8 Å². The maximum Gasteiger partial charge on any atom is 0.322 e. The summed E-state index contributed by atoms with van der Waals surface area (Å²) >= 11 is 0. The molecule has 0 aromatic heterocycles. The molecule has 6 heteroatoms. The summed E-state index contributed by atoms with van der Waals surface area (Å²) in [4.78, 5) is 10.9. The molecule has 0 radical (unpaired) electrons. The lowest BCUT2D eigenvalue weighted by Crippen LogP contribution is -2.39. The van der Waals surface area contributed by atoms with Crippen LogP contribution in [0.2, 0.25) is 0 Å². The van der Waals surface area contributed by atoms with Crippen molar-refractivity contribution in [3.63, 3.8) is 0 Å². The molecular formula is C12H18N2O4.